The van der Waals surface area contributed by atoms with Gasteiger partial charge in [0, 0.05) is 5.02 Å². The van der Waals surface area contributed by atoms with Crippen LogP contribution in [-0.4, -0.2) is 16.3 Å². The molecule has 1 fully saturated rings. The molecule has 2 rings (SSSR count). The average molecular weight is 259 g/mol. The molecule has 16 heavy (non-hydrogen) atoms. The highest BCUT2D eigenvalue weighted by atomic mass is 35.5. The highest BCUT2D eigenvalue weighted by Crippen LogP contribution is 2.40. The van der Waals surface area contributed by atoms with Crippen LogP contribution in [-0.2, 0) is 0 Å². The van der Waals surface area contributed by atoms with Gasteiger partial charge in [0.2, 0.25) is 0 Å². The Balaban J connectivity index is 2.36. The molecule has 1 unspecified atom stereocenters. The highest BCUT2D eigenvalue weighted by Gasteiger charge is 2.38. The predicted octanol–water partition coefficient (Wildman–Crippen LogP) is 3.95. The van der Waals surface area contributed by atoms with Crippen LogP contribution in [0.15, 0.2) is 18.2 Å². The summed E-state index contributed by atoms with van der Waals surface area (Å²) in [4.78, 5) is 12.2. The quantitative estimate of drug-likeness (QED) is 0.748. The minimum absolute atomic E-state index is 0.115. The fraction of sp³-hybridized carbons (Fsp3) is 0.417. The normalized spacial score (nSPS) is 24.7. The fourth-order valence-electron chi connectivity index (χ4n) is 1.91. The van der Waals surface area contributed by atoms with Crippen molar-refractivity contribution in [2.45, 2.75) is 24.5 Å². The summed E-state index contributed by atoms with van der Waals surface area (Å²) in [6, 6.07) is 4.12. The minimum Gasteiger partial charge on any atom is -0.293 e. The summed E-state index contributed by atoms with van der Waals surface area (Å²) in [5.41, 5.74) is 0.115. The summed E-state index contributed by atoms with van der Waals surface area (Å²) in [5, 5.41) is 0.399. The van der Waals surface area contributed by atoms with Crippen molar-refractivity contribution in [2.24, 2.45) is 0 Å². The van der Waals surface area contributed by atoms with Gasteiger partial charge in [-0.15, -0.1) is 11.8 Å². The van der Waals surface area contributed by atoms with Gasteiger partial charge >= 0.3 is 0 Å². The van der Waals surface area contributed by atoms with Crippen molar-refractivity contribution < 1.29 is 9.18 Å². The lowest BCUT2D eigenvalue weighted by Crippen LogP contribution is -2.29. The van der Waals surface area contributed by atoms with E-state index in [-0.39, 0.29) is 11.3 Å². The molecule has 0 bridgehead atoms. The molecular formula is C12H12ClFOS. The second kappa shape index (κ2) is 4.38. The van der Waals surface area contributed by atoms with E-state index < -0.39 is 10.6 Å². The molecule has 1 aromatic carbocycles. The second-order valence-electron chi connectivity index (χ2n) is 4.14. The molecule has 1 aliphatic rings. The van der Waals surface area contributed by atoms with Crippen molar-refractivity contribution >= 4 is 29.1 Å². The molecule has 1 aliphatic heterocycles. The molecule has 1 aromatic rings. The van der Waals surface area contributed by atoms with Gasteiger partial charge in [-0.3, -0.25) is 4.79 Å². The van der Waals surface area contributed by atoms with Crippen LogP contribution < -0.4 is 0 Å². The van der Waals surface area contributed by atoms with Gasteiger partial charge < -0.3 is 0 Å². The molecule has 1 nitrogen and oxygen atoms in total. The van der Waals surface area contributed by atoms with E-state index in [0.29, 0.717) is 5.02 Å². The van der Waals surface area contributed by atoms with Crippen molar-refractivity contribution in [3.63, 3.8) is 0 Å². The standard InChI is InChI=1S/C12H12ClFOS/c1-12(5-2-6-16-12)11(15)9-7-8(13)3-4-10(9)14/h3-4,7H,2,5-6H2,1H3. The summed E-state index contributed by atoms with van der Waals surface area (Å²) >= 11 is 7.39. The third-order valence-electron chi connectivity index (χ3n) is 2.87. The first-order valence-corrected chi connectivity index (χ1v) is 6.53. The van der Waals surface area contributed by atoms with Crippen LogP contribution in [0.5, 0.6) is 0 Å². The third-order valence-corrected chi connectivity index (χ3v) is 4.63. The summed E-state index contributed by atoms with van der Waals surface area (Å²) in [5.74, 6) is 0.336. The van der Waals surface area contributed by atoms with Crippen LogP contribution in [0.4, 0.5) is 4.39 Å². The van der Waals surface area contributed by atoms with E-state index in [9.17, 15) is 9.18 Å². The monoisotopic (exact) mass is 258 g/mol. The van der Waals surface area contributed by atoms with Crippen LogP contribution in [0, 0.1) is 5.82 Å². The van der Waals surface area contributed by atoms with E-state index in [1.165, 1.54) is 18.2 Å². The van der Waals surface area contributed by atoms with Crippen LogP contribution in [0.1, 0.15) is 30.1 Å². The third kappa shape index (κ3) is 2.11. The number of thioether (sulfide) groups is 1. The second-order valence-corrected chi connectivity index (χ2v) is 6.17. The number of halogens is 2. The number of carbonyl (C=O) groups excluding carboxylic acids is 1. The van der Waals surface area contributed by atoms with Crippen LogP contribution in [0.2, 0.25) is 5.02 Å². The number of hydrogen-bond acceptors (Lipinski definition) is 2. The molecular weight excluding hydrogens is 247 g/mol. The van der Waals surface area contributed by atoms with Gasteiger partial charge in [-0.1, -0.05) is 11.6 Å². The molecule has 0 saturated carbocycles. The lowest BCUT2D eigenvalue weighted by atomic mass is 9.94. The van der Waals surface area contributed by atoms with E-state index in [2.05, 4.69) is 0 Å². The molecule has 1 heterocycles. The van der Waals surface area contributed by atoms with E-state index in [4.69, 9.17) is 11.6 Å². The highest BCUT2D eigenvalue weighted by molar-refractivity contribution is 8.01. The number of rotatable bonds is 2. The predicted molar refractivity (Wildman–Crippen MR) is 65.8 cm³/mol. The molecule has 1 saturated heterocycles. The summed E-state index contributed by atoms with van der Waals surface area (Å²) in [7, 11) is 0. The van der Waals surface area contributed by atoms with Crippen molar-refractivity contribution in [3.8, 4) is 0 Å². The first-order valence-electron chi connectivity index (χ1n) is 5.17. The van der Waals surface area contributed by atoms with Gasteiger partial charge in [-0.05, 0) is 43.7 Å². The Morgan fingerprint density at radius 3 is 2.94 bits per heavy atom. The van der Waals surface area contributed by atoms with E-state index in [1.807, 2.05) is 6.92 Å². The van der Waals surface area contributed by atoms with E-state index >= 15 is 0 Å². The van der Waals surface area contributed by atoms with E-state index in [0.717, 1.165) is 18.6 Å². The Hall–Kier alpha value is -0.540. The molecule has 0 radical (unpaired) electrons. The number of Topliss-reactive ketones (excluding diaryl/α,β-unsaturated/α-hetero) is 1. The van der Waals surface area contributed by atoms with Crippen molar-refractivity contribution in [1.29, 1.82) is 0 Å². The number of ketones is 1. The van der Waals surface area contributed by atoms with E-state index in [1.54, 1.807) is 11.8 Å². The minimum atomic E-state index is -0.483. The molecule has 0 spiro atoms. The summed E-state index contributed by atoms with van der Waals surface area (Å²) < 4.78 is 13.1. The van der Waals surface area contributed by atoms with Crippen LogP contribution >= 0.6 is 23.4 Å². The maximum Gasteiger partial charge on any atom is 0.181 e. The van der Waals surface area contributed by atoms with Gasteiger partial charge in [-0.2, -0.15) is 0 Å². The van der Waals surface area contributed by atoms with Gasteiger partial charge in [-0.25, -0.2) is 4.39 Å². The zero-order valence-corrected chi connectivity index (χ0v) is 10.5. The number of benzene rings is 1. The molecule has 0 amide bonds. The summed E-state index contributed by atoms with van der Waals surface area (Å²) in [6.45, 7) is 1.88. The van der Waals surface area contributed by atoms with Gasteiger partial charge in [0.25, 0.3) is 0 Å². The molecule has 1 atom stereocenters. The Morgan fingerprint density at radius 2 is 2.31 bits per heavy atom. The first-order chi connectivity index (χ1) is 7.53. The Bertz CT molecular complexity index is 427. The number of hydrogen-bond donors (Lipinski definition) is 0. The van der Waals surface area contributed by atoms with Crippen LogP contribution in [0.3, 0.4) is 0 Å². The Labute approximate surface area is 103 Å². The van der Waals surface area contributed by atoms with Crippen molar-refractivity contribution in [2.75, 3.05) is 5.75 Å². The maximum atomic E-state index is 13.6. The van der Waals surface area contributed by atoms with Crippen molar-refractivity contribution in [1.82, 2.24) is 0 Å². The largest absolute Gasteiger partial charge is 0.293 e. The zero-order valence-electron chi connectivity index (χ0n) is 8.93. The smallest absolute Gasteiger partial charge is 0.181 e. The molecule has 0 aromatic heterocycles. The van der Waals surface area contributed by atoms with Gasteiger partial charge in [0.15, 0.2) is 5.78 Å². The lowest BCUT2D eigenvalue weighted by Gasteiger charge is -2.21. The fourth-order valence-corrected chi connectivity index (χ4v) is 3.36. The Morgan fingerprint density at radius 1 is 1.56 bits per heavy atom. The van der Waals surface area contributed by atoms with Gasteiger partial charge in [0.1, 0.15) is 5.82 Å². The first kappa shape index (κ1) is 11.9. The number of carbonyl (C=O) groups is 1. The molecule has 0 aliphatic carbocycles. The van der Waals surface area contributed by atoms with Gasteiger partial charge in [0.05, 0.1) is 10.3 Å². The maximum absolute atomic E-state index is 13.6. The molecule has 86 valence electrons. The average Bonchev–Trinajstić information content (AvgIpc) is 2.69. The zero-order chi connectivity index (χ0) is 11.8. The van der Waals surface area contributed by atoms with Crippen LogP contribution in [0.25, 0.3) is 0 Å². The Kier molecular flexibility index (Phi) is 3.27. The topological polar surface area (TPSA) is 17.1 Å². The lowest BCUT2D eigenvalue weighted by molar-refractivity contribution is 0.0945. The molecule has 4 heteroatoms. The molecule has 0 N–H and O–H groups in total. The van der Waals surface area contributed by atoms with Crippen molar-refractivity contribution in [3.05, 3.63) is 34.6 Å². The SMILES string of the molecule is CC1(C(=O)c2cc(Cl)ccc2F)CCCS1. The summed E-state index contributed by atoms with van der Waals surface area (Å²) in [6.07, 6.45) is 1.82.